The van der Waals surface area contributed by atoms with Crippen molar-refractivity contribution in [1.82, 2.24) is 0 Å². The van der Waals surface area contributed by atoms with Gasteiger partial charge in [-0.15, -0.1) is 0 Å². The van der Waals surface area contributed by atoms with Crippen molar-refractivity contribution in [2.24, 2.45) is 0 Å². The molecule has 6 nitrogen and oxygen atoms in total. The van der Waals surface area contributed by atoms with Crippen LogP contribution in [0.25, 0.3) is 0 Å². The Morgan fingerprint density at radius 1 is 0.400 bits per heavy atom. The number of carbonyl (C=O) groups is 2. The van der Waals surface area contributed by atoms with Crippen LogP contribution in [0.15, 0.2) is 146 Å². The van der Waals surface area contributed by atoms with Crippen molar-refractivity contribution in [1.29, 1.82) is 0 Å². The Hall–Kier alpha value is -5.04. The van der Waals surface area contributed by atoms with Crippen molar-refractivity contribution in [3.05, 3.63) is 168 Å². The van der Waals surface area contributed by atoms with Crippen molar-refractivity contribution in [2.75, 3.05) is 0 Å². The molecule has 6 heteroatoms. The summed E-state index contributed by atoms with van der Waals surface area (Å²) in [6, 6.07) is 40.0. The van der Waals surface area contributed by atoms with Gasteiger partial charge in [-0.1, -0.05) is 121 Å². The summed E-state index contributed by atoms with van der Waals surface area (Å²) in [5.74, 6) is -1.51. The molecule has 0 saturated heterocycles. The fourth-order valence-electron chi connectivity index (χ4n) is 4.46. The van der Waals surface area contributed by atoms with Gasteiger partial charge in [-0.3, -0.25) is 0 Å². The largest absolute Gasteiger partial charge is 0.424 e. The van der Waals surface area contributed by atoms with Crippen molar-refractivity contribution in [3.8, 4) is 11.5 Å². The standard InChI is InChI=1S/C34H26O6/c35-31(33(37,25-13-5-1-6-14-25)26-15-7-2-8-16-26)39-29-21-23-30(24-22-29)40-32(36)34(38,27-17-9-3-10-18-27)28-19-11-4-12-20-28/h1-24,37-38H. The lowest BCUT2D eigenvalue weighted by Gasteiger charge is -2.27. The second kappa shape index (κ2) is 11.4. The normalized spacial score (nSPS) is 11.4. The number of benzene rings is 5. The zero-order valence-corrected chi connectivity index (χ0v) is 21.4. The van der Waals surface area contributed by atoms with Crippen molar-refractivity contribution in [3.63, 3.8) is 0 Å². The minimum absolute atomic E-state index is 0.136. The topological polar surface area (TPSA) is 93.1 Å². The van der Waals surface area contributed by atoms with E-state index in [2.05, 4.69) is 0 Å². The van der Waals surface area contributed by atoms with Crippen LogP contribution in [0.4, 0.5) is 0 Å². The minimum Gasteiger partial charge on any atom is -0.424 e. The summed E-state index contributed by atoms with van der Waals surface area (Å²) in [5.41, 5.74) is -2.66. The molecule has 0 aliphatic rings. The van der Waals surface area contributed by atoms with E-state index in [0.717, 1.165) is 0 Å². The number of esters is 2. The number of rotatable bonds is 8. The second-order valence-electron chi connectivity index (χ2n) is 9.14. The van der Waals surface area contributed by atoms with Crippen LogP contribution in [0.1, 0.15) is 22.3 Å². The average Bonchev–Trinajstić information content (AvgIpc) is 3.02. The SMILES string of the molecule is O=C(Oc1ccc(OC(=O)C(O)(c2ccccc2)c2ccccc2)cc1)C(O)(c1ccccc1)c1ccccc1. The molecule has 0 aromatic heterocycles. The third-order valence-corrected chi connectivity index (χ3v) is 6.60. The lowest BCUT2D eigenvalue weighted by molar-refractivity contribution is -0.152. The Morgan fingerprint density at radius 2 is 0.625 bits per heavy atom. The molecule has 40 heavy (non-hydrogen) atoms. The lowest BCUT2D eigenvalue weighted by atomic mass is 9.86. The zero-order chi connectivity index (χ0) is 28.0. The van der Waals surface area contributed by atoms with Gasteiger partial charge in [0.15, 0.2) is 0 Å². The highest BCUT2D eigenvalue weighted by molar-refractivity contribution is 5.88. The highest BCUT2D eigenvalue weighted by atomic mass is 16.6. The van der Waals surface area contributed by atoms with E-state index in [1.54, 1.807) is 121 Å². The molecule has 198 valence electrons. The first-order valence-electron chi connectivity index (χ1n) is 12.6. The molecule has 2 N–H and O–H groups in total. The number of aliphatic hydroxyl groups is 2. The smallest absolute Gasteiger partial charge is 0.353 e. The van der Waals surface area contributed by atoms with Crippen LogP contribution >= 0.6 is 0 Å². The molecule has 0 amide bonds. The van der Waals surface area contributed by atoms with Gasteiger partial charge in [-0.2, -0.15) is 0 Å². The first kappa shape index (κ1) is 26.6. The summed E-state index contributed by atoms with van der Waals surface area (Å²) in [4.78, 5) is 26.7. The van der Waals surface area contributed by atoms with E-state index in [1.807, 2.05) is 0 Å². The minimum atomic E-state index is -2.05. The first-order chi connectivity index (χ1) is 19.4. The van der Waals surface area contributed by atoms with E-state index in [4.69, 9.17) is 9.47 Å². The van der Waals surface area contributed by atoms with Crippen LogP contribution in [-0.4, -0.2) is 22.2 Å². The van der Waals surface area contributed by atoms with E-state index in [-0.39, 0.29) is 11.5 Å². The van der Waals surface area contributed by atoms with Crippen molar-refractivity contribution < 1.29 is 29.3 Å². The predicted octanol–water partition coefficient (Wildman–Crippen LogP) is 5.37. The maximum atomic E-state index is 13.4. The number of hydrogen-bond acceptors (Lipinski definition) is 6. The van der Waals surface area contributed by atoms with Gasteiger partial charge in [0.25, 0.3) is 0 Å². The van der Waals surface area contributed by atoms with Gasteiger partial charge in [-0.05, 0) is 46.5 Å². The Kier molecular flexibility index (Phi) is 7.55. The number of ether oxygens (including phenoxy) is 2. The van der Waals surface area contributed by atoms with Crippen molar-refractivity contribution in [2.45, 2.75) is 11.2 Å². The predicted molar refractivity (Wildman–Crippen MR) is 149 cm³/mol. The molecule has 5 aromatic carbocycles. The van der Waals surface area contributed by atoms with Crippen LogP contribution in [0.2, 0.25) is 0 Å². The van der Waals surface area contributed by atoms with Crippen LogP contribution in [0.3, 0.4) is 0 Å². The van der Waals surface area contributed by atoms with Gasteiger partial charge >= 0.3 is 11.9 Å². The molecule has 0 radical (unpaired) electrons. The third-order valence-electron chi connectivity index (χ3n) is 6.60. The molecule has 0 saturated carbocycles. The molecule has 0 aliphatic heterocycles. The summed E-state index contributed by atoms with van der Waals surface area (Å²) in [5, 5.41) is 23.2. The monoisotopic (exact) mass is 530 g/mol. The molecule has 0 heterocycles. The van der Waals surface area contributed by atoms with Crippen molar-refractivity contribution >= 4 is 11.9 Å². The number of hydrogen-bond donors (Lipinski definition) is 2. The lowest BCUT2D eigenvalue weighted by Crippen LogP contribution is -2.40. The Morgan fingerprint density at radius 3 is 0.850 bits per heavy atom. The van der Waals surface area contributed by atoms with Gasteiger partial charge < -0.3 is 19.7 Å². The maximum absolute atomic E-state index is 13.4. The molecule has 0 fully saturated rings. The number of carbonyl (C=O) groups excluding carboxylic acids is 2. The Balaban J connectivity index is 1.38. The summed E-state index contributed by atoms with van der Waals surface area (Å²) >= 11 is 0. The summed E-state index contributed by atoms with van der Waals surface area (Å²) in [6.07, 6.45) is 0. The maximum Gasteiger partial charge on any atom is 0.353 e. The molecule has 5 rings (SSSR count). The van der Waals surface area contributed by atoms with E-state index >= 15 is 0 Å². The molecular formula is C34H26O6. The van der Waals surface area contributed by atoms with Gasteiger partial charge in [-0.25, -0.2) is 9.59 Å². The van der Waals surface area contributed by atoms with E-state index in [0.29, 0.717) is 22.3 Å². The summed E-state index contributed by atoms with van der Waals surface area (Å²) in [6.45, 7) is 0. The molecule has 0 atom stereocenters. The molecule has 0 spiro atoms. The highest BCUT2D eigenvalue weighted by Gasteiger charge is 2.43. The average molecular weight is 531 g/mol. The molecular weight excluding hydrogens is 504 g/mol. The molecule has 0 unspecified atom stereocenters. The fraction of sp³-hybridized carbons (Fsp3) is 0.0588. The van der Waals surface area contributed by atoms with Gasteiger partial charge in [0.05, 0.1) is 0 Å². The van der Waals surface area contributed by atoms with Crippen LogP contribution in [-0.2, 0) is 20.8 Å². The van der Waals surface area contributed by atoms with Crippen LogP contribution in [0.5, 0.6) is 11.5 Å². The van der Waals surface area contributed by atoms with E-state index in [9.17, 15) is 19.8 Å². The van der Waals surface area contributed by atoms with Gasteiger partial charge in [0.2, 0.25) is 11.2 Å². The van der Waals surface area contributed by atoms with Crippen LogP contribution < -0.4 is 9.47 Å². The fourth-order valence-corrected chi connectivity index (χ4v) is 4.46. The molecule has 0 bridgehead atoms. The highest BCUT2D eigenvalue weighted by Crippen LogP contribution is 2.34. The Labute approximate surface area is 231 Å². The molecule has 5 aromatic rings. The molecule has 0 aliphatic carbocycles. The first-order valence-corrected chi connectivity index (χ1v) is 12.6. The quantitative estimate of drug-likeness (QED) is 0.207. The van der Waals surface area contributed by atoms with E-state index in [1.165, 1.54) is 24.3 Å². The van der Waals surface area contributed by atoms with Gasteiger partial charge in [0.1, 0.15) is 11.5 Å². The Bertz CT molecular complexity index is 1370. The zero-order valence-electron chi connectivity index (χ0n) is 21.4. The third kappa shape index (κ3) is 5.14. The summed E-state index contributed by atoms with van der Waals surface area (Å²) < 4.78 is 11.2. The van der Waals surface area contributed by atoms with Crippen LogP contribution in [0, 0.1) is 0 Å². The van der Waals surface area contributed by atoms with E-state index < -0.39 is 23.1 Å². The summed E-state index contributed by atoms with van der Waals surface area (Å²) in [7, 11) is 0. The van der Waals surface area contributed by atoms with Gasteiger partial charge in [0, 0.05) is 0 Å². The second-order valence-corrected chi connectivity index (χ2v) is 9.14.